The molecule has 0 atom stereocenters. The van der Waals surface area contributed by atoms with E-state index in [2.05, 4.69) is 5.32 Å². The highest BCUT2D eigenvalue weighted by Crippen LogP contribution is 2.16. The molecule has 0 aliphatic carbocycles. The summed E-state index contributed by atoms with van der Waals surface area (Å²) in [6.07, 6.45) is 1.48. The topological polar surface area (TPSA) is 49.3 Å². The molecule has 3 nitrogen and oxygen atoms in total. The Labute approximate surface area is 113 Å². The number of halogens is 1. The van der Waals surface area contributed by atoms with Gasteiger partial charge < -0.3 is 10.4 Å². The van der Waals surface area contributed by atoms with E-state index in [0.717, 1.165) is 5.56 Å². The summed E-state index contributed by atoms with van der Waals surface area (Å²) in [6.45, 7) is 4.09. The molecule has 0 aromatic heterocycles. The number of aliphatic hydroxyl groups is 1. The zero-order chi connectivity index (χ0) is 13.6. The van der Waals surface area contributed by atoms with Gasteiger partial charge in [0.15, 0.2) is 0 Å². The van der Waals surface area contributed by atoms with E-state index in [4.69, 9.17) is 11.6 Å². The lowest BCUT2D eigenvalue weighted by atomic mass is 9.97. The Balaban J connectivity index is 2.50. The van der Waals surface area contributed by atoms with Crippen molar-refractivity contribution in [2.24, 2.45) is 0 Å². The van der Waals surface area contributed by atoms with Crippen LogP contribution in [0.4, 0.5) is 0 Å². The van der Waals surface area contributed by atoms with Crippen molar-refractivity contribution in [3.8, 4) is 0 Å². The van der Waals surface area contributed by atoms with E-state index >= 15 is 0 Å². The summed E-state index contributed by atoms with van der Waals surface area (Å²) >= 11 is 5.98. The van der Waals surface area contributed by atoms with E-state index in [1.54, 1.807) is 6.07 Å². The second-order valence-corrected chi connectivity index (χ2v) is 4.88. The summed E-state index contributed by atoms with van der Waals surface area (Å²) in [7, 11) is 0. The van der Waals surface area contributed by atoms with Gasteiger partial charge in [0, 0.05) is 11.6 Å². The fourth-order valence-electron chi connectivity index (χ4n) is 1.64. The van der Waals surface area contributed by atoms with Gasteiger partial charge in [-0.3, -0.25) is 4.79 Å². The van der Waals surface area contributed by atoms with Crippen molar-refractivity contribution in [1.29, 1.82) is 0 Å². The van der Waals surface area contributed by atoms with Gasteiger partial charge in [-0.1, -0.05) is 43.6 Å². The Morgan fingerprint density at radius 1 is 1.33 bits per heavy atom. The Hall–Kier alpha value is -1.06. The lowest BCUT2D eigenvalue weighted by Crippen LogP contribution is -2.42. The van der Waals surface area contributed by atoms with Crippen LogP contribution in [0.15, 0.2) is 24.3 Å². The summed E-state index contributed by atoms with van der Waals surface area (Å²) in [6, 6.07) is 7.27. The number of benzene rings is 1. The lowest BCUT2D eigenvalue weighted by Gasteiger charge is -2.25. The molecular weight excluding hydrogens is 250 g/mol. The van der Waals surface area contributed by atoms with Gasteiger partial charge in [0.1, 0.15) is 0 Å². The molecule has 0 radical (unpaired) electrons. The molecule has 0 bridgehead atoms. The number of hydrogen-bond acceptors (Lipinski definition) is 2. The Kier molecular flexibility index (Phi) is 5.63. The maximum Gasteiger partial charge on any atom is 0.224 e. The largest absolute Gasteiger partial charge is 0.388 e. The summed E-state index contributed by atoms with van der Waals surface area (Å²) < 4.78 is 0. The van der Waals surface area contributed by atoms with Crippen LogP contribution in [0.3, 0.4) is 0 Å². The van der Waals surface area contributed by atoms with Gasteiger partial charge in [0.05, 0.1) is 12.0 Å². The van der Waals surface area contributed by atoms with Crippen LogP contribution >= 0.6 is 11.6 Å². The molecule has 0 fully saturated rings. The molecule has 0 heterocycles. The normalized spacial score (nSPS) is 11.3. The summed E-state index contributed by atoms with van der Waals surface area (Å²) in [5.41, 5.74) is -0.0101. The average molecular weight is 270 g/mol. The van der Waals surface area contributed by atoms with Gasteiger partial charge in [-0.15, -0.1) is 0 Å². The first-order valence-corrected chi connectivity index (χ1v) is 6.61. The zero-order valence-electron chi connectivity index (χ0n) is 10.9. The number of carbonyl (C=O) groups excluding carboxylic acids is 1. The van der Waals surface area contributed by atoms with Crippen LogP contribution in [0.5, 0.6) is 0 Å². The number of nitrogens with one attached hydrogen (secondary N) is 1. The molecule has 1 amide bonds. The average Bonchev–Trinajstić information content (AvgIpc) is 2.39. The third-order valence-corrected chi connectivity index (χ3v) is 3.61. The molecule has 0 unspecified atom stereocenters. The second-order valence-electron chi connectivity index (χ2n) is 4.48. The Bertz CT molecular complexity index is 403. The number of amides is 1. The third kappa shape index (κ3) is 4.31. The smallest absolute Gasteiger partial charge is 0.224 e. The maximum atomic E-state index is 11.8. The van der Waals surface area contributed by atoms with E-state index in [-0.39, 0.29) is 18.9 Å². The van der Waals surface area contributed by atoms with Crippen molar-refractivity contribution < 1.29 is 9.90 Å². The summed E-state index contributed by atoms with van der Waals surface area (Å²) in [4.78, 5) is 11.8. The molecule has 2 N–H and O–H groups in total. The molecular formula is C14H20ClNO2. The predicted molar refractivity (Wildman–Crippen MR) is 73.7 cm³/mol. The van der Waals surface area contributed by atoms with E-state index in [9.17, 15) is 9.90 Å². The van der Waals surface area contributed by atoms with Crippen molar-refractivity contribution in [2.75, 3.05) is 6.54 Å². The summed E-state index contributed by atoms with van der Waals surface area (Å²) in [5.74, 6) is -0.122. The molecule has 4 heteroatoms. The second kappa shape index (κ2) is 6.76. The minimum atomic E-state index is -0.809. The zero-order valence-corrected chi connectivity index (χ0v) is 11.6. The van der Waals surface area contributed by atoms with Crippen LogP contribution < -0.4 is 5.32 Å². The highest BCUT2D eigenvalue weighted by molar-refractivity contribution is 6.31. The first kappa shape index (κ1) is 15.0. The highest BCUT2D eigenvalue weighted by Gasteiger charge is 2.22. The minimum Gasteiger partial charge on any atom is -0.388 e. The monoisotopic (exact) mass is 269 g/mol. The van der Waals surface area contributed by atoms with Crippen molar-refractivity contribution in [3.05, 3.63) is 34.9 Å². The van der Waals surface area contributed by atoms with Crippen molar-refractivity contribution in [3.63, 3.8) is 0 Å². The van der Waals surface area contributed by atoms with E-state index in [0.29, 0.717) is 17.9 Å². The standard InChI is InChI=1S/C14H20ClNO2/c1-3-14(18,4-2)10-16-13(17)9-11-7-5-6-8-12(11)15/h5-8,18H,3-4,9-10H2,1-2H3,(H,16,17). The van der Waals surface area contributed by atoms with Gasteiger partial charge in [-0.05, 0) is 24.5 Å². The third-order valence-electron chi connectivity index (χ3n) is 3.24. The van der Waals surface area contributed by atoms with E-state index in [1.807, 2.05) is 32.0 Å². The van der Waals surface area contributed by atoms with Crippen LogP contribution in [-0.4, -0.2) is 23.2 Å². The van der Waals surface area contributed by atoms with Crippen LogP contribution in [0, 0.1) is 0 Å². The molecule has 0 aliphatic heterocycles. The van der Waals surface area contributed by atoms with Crippen molar-refractivity contribution >= 4 is 17.5 Å². The molecule has 1 aromatic carbocycles. The molecule has 0 aliphatic rings. The minimum absolute atomic E-state index is 0.122. The fourth-order valence-corrected chi connectivity index (χ4v) is 1.84. The van der Waals surface area contributed by atoms with Crippen molar-refractivity contribution in [1.82, 2.24) is 5.32 Å². The molecule has 18 heavy (non-hydrogen) atoms. The fraction of sp³-hybridized carbons (Fsp3) is 0.500. The molecule has 0 saturated carbocycles. The molecule has 100 valence electrons. The summed E-state index contributed by atoms with van der Waals surface area (Å²) in [5, 5.41) is 13.4. The van der Waals surface area contributed by atoms with Crippen LogP contribution in [-0.2, 0) is 11.2 Å². The van der Waals surface area contributed by atoms with Crippen LogP contribution in [0.1, 0.15) is 32.3 Å². The van der Waals surface area contributed by atoms with E-state index < -0.39 is 5.60 Å². The molecule has 0 saturated heterocycles. The maximum absolute atomic E-state index is 11.8. The van der Waals surface area contributed by atoms with Crippen LogP contribution in [0.2, 0.25) is 5.02 Å². The van der Waals surface area contributed by atoms with Gasteiger partial charge in [0.2, 0.25) is 5.91 Å². The lowest BCUT2D eigenvalue weighted by molar-refractivity contribution is -0.121. The molecule has 0 spiro atoms. The predicted octanol–water partition coefficient (Wildman–Crippen LogP) is 2.55. The number of carbonyl (C=O) groups is 1. The van der Waals surface area contributed by atoms with E-state index in [1.165, 1.54) is 0 Å². The Morgan fingerprint density at radius 3 is 2.50 bits per heavy atom. The number of rotatable bonds is 6. The number of hydrogen-bond donors (Lipinski definition) is 2. The quantitative estimate of drug-likeness (QED) is 0.834. The van der Waals surface area contributed by atoms with Gasteiger partial charge in [-0.2, -0.15) is 0 Å². The Morgan fingerprint density at radius 2 is 1.94 bits per heavy atom. The molecule has 1 aromatic rings. The van der Waals surface area contributed by atoms with Gasteiger partial charge in [0.25, 0.3) is 0 Å². The first-order valence-electron chi connectivity index (χ1n) is 6.23. The molecule has 1 rings (SSSR count). The SMILES string of the molecule is CCC(O)(CC)CNC(=O)Cc1ccccc1Cl. The van der Waals surface area contributed by atoms with Gasteiger partial charge >= 0.3 is 0 Å². The van der Waals surface area contributed by atoms with Crippen LogP contribution in [0.25, 0.3) is 0 Å². The highest BCUT2D eigenvalue weighted by atomic mass is 35.5. The van der Waals surface area contributed by atoms with Crippen molar-refractivity contribution in [2.45, 2.75) is 38.7 Å². The first-order chi connectivity index (χ1) is 8.50. The van der Waals surface area contributed by atoms with Gasteiger partial charge in [-0.25, -0.2) is 0 Å².